The summed E-state index contributed by atoms with van der Waals surface area (Å²) in [6, 6.07) is 5.02. The van der Waals surface area contributed by atoms with E-state index in [2.05, 4.69) is 10.3 Å². The van der Waals surface area contributed by atoms with Gasteiger partial charge in [0.15, 0.2) is 0 Å². The fourth-order valence-corrected chi connectivity index (χ4v) is 1.72. The molecule has 0 unspecified atom stereocenters. The molecule has 2 N–H and O–H groups in total. The van der Waals surface area contributed by atoms with Crippen molar-refractivity contribution in [2.24, 2.45) is 0 Å². The number of hydrogen-bond donors (Lipinski definition) is 2. The van der Waals surface area contributed by atoms with Gasteiger partial charge in [0.2, 0.25) is 0 Å². The summed E-state index contributed by atoms with van der Waals surface area (Å²) >= 11 is 11.2. The Kier molecular flexibility index (Phi) is 3.87. The quantitative estimate of drug-likeness (QED) is 0.895. The molecule has 0 aliphatic heterocycles. The molecule has 0 atom stereocenters. The molecule has 0 bridgehead atoms. The van der Waals surface area contributed by atoms with E-state index < -0.39 is 17.3 Å². The number of nitrogens with one attached hydrogen (secondary N) is 2. The maximum absolute atomic E-state index is 13.0. The summed E-state index contributed by atoms with van der Waals surface area (Å²) in [7, 11) is 0. The van der Waals surface area contributed by atoms with Crippen molar-refractivity contribution in [2.45, 2.75) is 0 Å². The van der Waals surface area contributed by atoms with Crippen LogP contribution < -0.4 is 10.9 Å². The van der Waals surface area contributed by atoms with Gasteiger partial charge < -0.3 is 10.3 Å². The van der Waals surface area contributed by atoms with Gasteiger partial charge in [-0.25, -0.2) is 4.39 Å². The van der Waals surface area contributed by atoms with Crippen LogP contribution in [0.5, 0.6) is 0 Å². The third-order valence-corrected chi connectivity index (χ3v) is 2.87. The number of halogens is 3. The highest BCUT2D eigenvalue weighted by molar-refractivity contribution is 6.31. The predicted octanol–water partition coefficient (Wildman–Crippen LogP) is 3.07. The number of aromatic nitrogens is 1. The number of carbonyl (C=O) groups excluding carboxylic acids is 1. The van der Waals surface area contributed by atoms with E-state index in [-0.39, 0.29) is 15.6 Å². The zero-order chi connectivity index (χ0) is 14.0. The molecule has 2 rings (SSSR count). The van der Waals surface area contributed by atoms with Crippen molar-refractivity contribution in [1.29, 1.82) is 0 Å². The van der Waals surface area contributed by atoms with E-state index >= 15 is 0 Å². The Morgan fingerprint density at radius 2 is 1.95 bits per heavy atom. The first-order valence-electron chi connectivity index (χ1n) is 5.12. The number of rotatable bonds is 2. The van der Waals surface area contributed by atoms with Gasteiger partial charge in [0.05, 0.1) is 10.6 Å². The number of carbonyl (C=O) groups is 1. The highest BCUT2D eigenvalue weighted by Crippen LogP contribution is 2.19. The average Bonchev–Trinajstić information content (AvgIpc) is 2.37. The van der Waals surface area contributed by atoms with Gasteiger partial charge in [0.25, 0.3) is 11.5 Å². The van der Waals surface area contributed by atoms with Crippen LogP contribution in [-0.2, 0) is 0 Å². The number of anilines is 1. The Morgan fingerprint density at radius 3 is 2.58 bits per heavy atom. The van der Waals surface area contributed by atoms with Gasteiger partial charge in [-0.15, -0.1) is 0 Å². The van der Waals surface area contributed by atoms with Gasteiger partial charge in [-0.1, -0.05) is 23.2 Å². The second-order valence-electron chi connectivity index (χ2n) is 3.65. The van der Waals surface area contributed by atoms with E-state index in [9.17, 15) is 14.0 Å². The summed E-state index contributed by atoms with van der Waals surface area (Å²) in [5, 5.41) is 2.31. The molecule has 1 aromatic heterocycles. The molecule has 0 saturated carbocycles. The third kappa shape index (κ3) is 3.13. The van der Waals surface area contributed by atoms with E-state index in [4.69, 9.17) is 23.2 Å². The lowest BCUT2D eigenvalue weighted by Crippen LogP contribution is -2.15. The molecule has 0 aliphatic rings. The molecule has 2 aromatic rings. The van der Waals surface area contributed by atoms with Crippen molar-refractivity contribution in [2.75, 3.05) is 5.32 Å². The molecule has 0 spiro atoms. The molecular formula is C12H7Cl2FN2O2. The first-order valence-corrected chi connectivity index (χ1v) is 5.87. The zero-order valence-corrected chi connectivity index (χ0v) is 10.8. The smallest absolute Gasteiger partial charge is 0.266 e. The third-order valence-electron chi connectivity index (χ3n) is 2.30. The lowest BCUT2D eigenvalue weighted by molar-refractivity contribution is 0.102. The van der Waals surface area contributed by atoms with Gasteiger partial charge in [0.1, 0.15) is 10.8 Å². The molecule has 0 saturated heterocycles. The largest absolute Gasteiger partial charge is 0.327 e. The summed E-state index contributed by atoms with van der Waals surface area (Å²) in [4.78, 5) is 25.2. The van der Waals surface area contributed by atoms with Crippen molar-refractivity contribution in [1.82, 2.24) is 4.98 Å². The summed E-state index contributed by atoms with van der Waals surface area (Å²) < 4.78 is 13.0. The van der Waals surface area contributed by atoms with Crippen LogP contribution in [0.3, 0.4) is 0 Å². The minimum Gasteiger partial charge on any atom is -0.327 e. The van der Waals surface area contributed by atoms with Crippen molar-refractivity contribution in [3.8, 4) is 0 Å². The predicted molar refractivity (Wildman–Crippen MR) is 71.4 cm³/mol. The molecule has 1 heterocycles. The zero-order valence-electron chi connectivity index (χ0n) is 9.34. The van der Waals surface area contributed by atoms with Crippen molar-refractivity contribution in [3.05, 3.63) is 62.2 Å². The Bertz CT molecular complexity index is 700. The molecule has 7 heteroatoms. The second-order valence-corrected chi connectivity index (χ2v) is 4.46. The molecule has 98 valence electrons. The fourth-order valence-electron chi connectivity index (χ4n) is 1.36. The summed E-state index contributed by atoms with van der Waals surface area (Å²) in [5.41, 5.74) is 0.0202. The number of benzene rings is 1. The highest BCUT2D eigenvalue weighted by atomic mass is 35.5. The SMILES string of the molecule is O=C(Nc1ccc(F)c(Cl)c1)c1c[nH]c(=O)c(Cl)c1. The standard InChI is InChI=1S/C12H7Cl2FN2O2/c13-8-4-7(1-2-10(8)15)17-11(18)6-3-9(14)12(19)16-5-6/h1-5H,(H,16,19)(H,17,18). The minimum atomic E-state index is -0.577. The van der Waals surface area contributed by atoms with E-state index in [1.165, 1.54) is 24.4 Å². The number of amides is 1. The van der Waals surface area contributed by atoms with Crippen LogP contribution >= 0.6 is 23.2 Å². The molecule has 4 nitrogen and oxygen atoms in total. The van der Waals surface area contributed by atoms with E-state index in [1.54, 1.807) is 0 Å². The molecular weight excluding hydrogens is 294 g/mol. The van der Waals surface area contributed by atoms with Crippen LogP contribution in [0.4, 0.5) is 10.1 Å². The topological polar surface area (TPSA) is 62.0 Å². The Hall–Kier alpha value is -1.85. The summed E-state index contributed by atoms with van der Waals surface area (Å²) in [6.07, 6.45) is 1.23. The maximum Gasteiger partial charge on any atom is 0.266 e. The summed E-state index contributed by atoms with van der Waals surface area (Å²) in [5.74, 6) is -1.08. The lowest BCUT2D eigenvalue weighted by Gasteiger charge is -2.06. The van der Waals surface area contributed by atoms with Crippen molar-refractivity contribution in [3.63, 3.8) is 0 Å². The van der Waals surface area contributed by atoms with Crippen LogP contribution in [0.25, 0.3) is 0 Å². The Labute approximate surface area is 117 Å². The molecule has 1 amide bonds. The van der Waals surface area contributed by atoms with Gasteiger partial charge in [-0.05, 0) is 24.3 Å². The first-order chi connectivity index (χ1) is 8.97. The molecule has 0 fully saturated rings. The maximum atomic E-state index is 13.0. The van der Waals surface area contributed by atoms with Crippen LogP contribution in [0.1, 0.15) is 10.4 Å². The van der Waals surface area contributed by atoms with Crippen LogP contribution in [0.15, 0.2) is 35.3 Å². The number of aromatic amines is 1. The first kappa shape index (κ1) is 13.6. The van der Waals surface area contributed by atoms with Crippen molar-refractivity contribution < 1.29 is 9.18 Å². The highest BCUT2D eigenvalue weighted by Gasteiger charge is 2.09. The van der Waals surface area contributed by atoms with Crippen LogP contribution in [-0.4, -0.2) is 10.9 Å². The number of pyridine rings is 1. The van der Waals surface area contributed by atoms with Crippen LogP contribution in [0.2, 0.25) is 10.0 Å². The Morgan fingerprint density at radius 1 is 1.21 bits per heavy atom. The molecule has 19 heavy (non-hydrogen) atoms. The lowest BCUT2D eigenvalue weighted by atomic mass is 10.2. The fraction of sp³-hybridized carbons (Fsp3) is 0. The molecule has 0 radical (unpaired) electrons. The van der Waals surface area contributed by atoms with E-state index in [0.29, 0.717) is 5.69 Å². The monoisotopic (exact) mass is 300 g/mol. The molecule has 0 aliphatic carbocycles. The van der Waals surface area contributed by atoms with E-state index in [1.807, 2.05) is 0 Å². The van der Waals surface area contributed by atoms with Gasteiger partial charge in [-0.2, -0.15) is 0 Å². The minimum absolute atomic E-state index is 0.0928. The van der Waals surface area contributed by atoms with Gasteiger partial charge in [0, 0.05) is 11.9 Å². The normalized spacial score (nSPS) is 10.3. The van der Waals surface area contributed by atoms with Crippen molar-refractivity contribution >= 4 is 34.8 Å². The molecule has 1 aromatic carbocycles. The number of H-pyrrole nitrogens is 1. The summed E-state index contributed by atoms with van der Waals surface area (Å²) in [6.45, 7) is 0. The average molecular weight is 301 g/mol. The van der Waals surface area contributed by atoms with Gasteiger partial charge in [-0.3, -0.25) is 9.59 Å². The van der Waals surface area contributed by atoms with Crippen LogP contribution in [0, 0.1) is 5.82 Å². The Balaban J connectivity index is 2.22. The second kappa shape index (κ2) is 5.42. The van der Waals surface area contributed by atoms with Gasteiger partial charge >= 0.3 is 0 Å². The van der Waals surface area contributed by atoms with E-state index in [0.717, 1.165) is 6.07 Å². The number of hydrogen-bond acceptors (Lipinski definition) is 2.